The molecule has 70 valence electrons. The van der Waals surface area contributed by atoms with Crippen LogP contribution in [0.3, 0.4) is 0 Å². The van der Waals surface area contributed by atoms with Crippen molar-refractivity contribution in [1.82, 2.24) is 0 Å². The van der Waals surface area contributed by atoms with Crippen molar-refractivity contribution in [1.29, 1.82) is 0 Å². The fourth-order valence-electron chi connectivity index (χ4n) is 4.10. The first kappa shape index (κ1) is 7.78. The van der Waals surface area contributed by atoms with Gasteiger partial charge < -0.3 is 0 Å². The molecule has 2 saturated carbocycles. The van der Waals surface area contributed by atoms with Crippen molar-refractivity contribution in [2.45, 2.75) is 45.4 Å². The van der Waals surface area contributed by atoms with Gasteiger partial charge in [-0.2, -0.15) is 0 Å². The summed E-state index contributed by atoms with van der Waals surface area (Å²) in [6, 6.07) is 0. The van der Waals surface area contributed by atoms with Crippen molar-refractivity contribution in [3.63, 3.8) is 0 Å². The van der Waals surface area contributed by atoms with E-state index in [-0.39, 0.29) is 0 Å². The smallest absolute Gasteiger partial charge is 0.159 e. The van der Waals surface area contributed by atoms with Gasteiger partial charge in [0.05, 0.1) is 0 Å². The molecule has 1 heteroatoms. The molecule has 3 aliphatic carbocycles. The molecule has 3 aliphatic rings. The number of carbonyl (C=O) groups is 1. The van der Waals surface area contributed by atoms with E-state index in [0.717, 1.165) is 12.3 Å². The third-order valence-electron chi connectivity index (χ3n) is 4.51. The van der Waals surface area contributed by atoms with Crippen LogP contribution in [0, 0.1) is 11.3 Å². The monoisotopic (exact) mass is 176 g/mol. The van der Waals surface area contributed by atoms with Crippen LogP contribution in [-0.2, 0) is 4.79 Å². The van der Waals surface area contributed by atoms with Crippen LogP contribution in [0.5, 0.6) is 0 Å². The summed E-state index contributed by atoms with van der Waals surface area (Å²) in [4.78, 5) is 11.7. The molecule has 2 fully saturated rings. The van der Waals surface area contributed by atoms with Gasteiger partial charge in [0.2, 0.25) is 0 Å². The predicted octanol–water partition coefficient (Wildman–Crippen LogP) is 2.86. The molecule has 0 aliphatic heterocycles. The van der Waals surface area contributed by atoms with Gasteiger partial charge >= 0.3 is 0 Å². The fourth-order valence-corrected chi connectivity index (χ4v) is 4.10. The Kier molecular flexibility index (Phi) is 1.35. The lowest BCUT2D eigenvalue weighted by atomic mass is 9.77. The summed E-state index contributed by atoms with van der Waals surface area (Å²) in [6.45, 7) is 2.18. The first-order chi connectivity index (χ1) is 6.24. The van der Waals surface area contributed by atoms with Gasteiger partial charge in [-0.15, -0.1) is 0 Å². The number of carbonyl (C=O) groups excluding carboxylic acids is 1. The van der Waals surface area contributed by atoms with E-state index in [0.29, 0.717) is 11.2 Å². The number of allylic oxidation sites excluding steroid dienone is 2. The Balaban J connectivity index is 2.14. The maximum atomic E-state index is 11.7. The SMILES string of the molecule is CC1=C2C(=O)CCC23CCCC3C1. The summed E-state index contributed by atoms with van der Waals surface area (Å²) >= 11 is 0. The van der Waals surface area contributed by atoms with Gasteiger partial charge in [-0.05, 0) is 38.5 Å². The summed E-state index contributed by atoms with van der Waals surface area (Å²) < 4.78 is 0. The summed E-state index contributed by atoms with van der Waals surface area (Å²) in [6.07, 6.45) is 7.26. The number of hydrogen-bond acceptors (Lipinski definition) is 1. The summed E-state index contributed by atoms with van der Waals surface area (Å²) in [5, 5.41) is 0. The van der Waals surface area contributed by atoms with Crippen LogP contribution < -0.4 is 0 Å². The lowest BCUT2D eigenvalue weighted by Crippen LogP contribution is -2.19. The molecule has 0 bridgehead atoms. The molecule has 0 aromatic heterocycles. The number of ketones is 1. The summed E-state index contributed by atoms with van der Waals surface area (Å²) in [5.74, 6) is 1.32. The lowest BCUT2D eigenvalue weighted by Gasteiger charge is -2.25. The molecule has 0 aromatic carbocycles. The van der Waals surface area contributed by atoms with Gasteiger partial charge in [-0.25, -0.2) is 0 Å². The minimum absolute atomic E-state index is 0.390. The average molecular weight is 176 g/mol. The zero-order chi connectivity index (χ0) is 9.05. The van der Waals surface area contributed by atoms with Crippen molar-refractivity contribution in [3.05, 3.63) is 11.1 Å². The highest BCUT2D eigenvalue weighted by Crippen LogP contribution is 2.62. The number of hydrogen-bond donors (Lipinski definition) is 0. The maximum Gasteiger partial charge on any atom is 0.159 e. The molecule has 2 unspecified atom stereocenters. The van der Waals surface area contributed by atoms with E-state index in [1.165, 1.54) is 43.3 Å². The second-order valence-electron chi connectivity index (χ2n) is 5.03. The molecule has 0 aromatic rings. The molecule has 0 N–H and O–H groups in total. The third kappa shape index (κ3) is 0.762. The van der Waals surface area contributed by atoms with Crippen molar-refractivity contribution in [2.24, 2.45) is 11.3 Å². The molecule has 1 nitrogen and oxygen atoms in total. The quantitative estimate of drug-likeness (QED) is 0.554. The Morgan fingerprint density at radius 1 is 1.38 bits per heavy atom. The van der Waals surface area contributed by atoms with Crippen LogP contribution in [0.15, 0.2) is 11.1 Å². The summed E-state index contributed by atoms with van der Waals surface area (Å²) in [7, 11) is 0. The van der Waals surface area contributed by atoms with E-state index in [1.807, 2.05) is 0 Å². The molecule has 2 atom stereocenters. The standard InChI is InChI=1S/C12H16O/c1-8-7-9-3-2-5-12(9)6-4-10(13)11(8)12/h9H,2-7H2,1H3. The molecule has 3 rings (SSSR count). The highest BCUT2D eigenvalue weighted by Gasteiger charge is 2.55. The van der Waals surface area contributed by atoms with Crippen LogP contribution >= 0.6 is 0 Å². The van der Waals surface area contributed by atoms with E-state index in [4.69, 9.17) is 0 Å². The lowest BCUT2D eigenvalue weighted by molar-refractivity contribution is -0.114. The molecule has 0 radical (unpaired) electrons. The third-order valence-corrected chi connectivity index (χ3v) is 4.51. The molecule has 13 heavy (non-hydrogen) atoms. The van der Waals surface area contributed by atoms with E-state index in [1.54, 1.807) is 0 Å². The van der Waals surface area contributed by atoms with E-state index < -0.39 is 0 Å². The maximum absolute atomic E-state index is 11.7. The first-order valence-electron chi connectivity index (χ1n) is 5.47. The Morgan fingerprint density at radius 3 is 3.08 bits per heavy atom. The van der Waals surface area contributed by atoms with Gasteiger partial charge in [-0.1, -0.05) is 12.0 Å². The van der Waals surface area contributed by atoms with Crippen LogP contribution in [0.1, 0.15) is 45.4 Å². The molecular formula is C12H16O. The largest absolute Gasteiger partial charge is 0.295 e. The van der Waals surface area contributed by atoms with Crippen LogP contribution in [0.25, 0.3) is 0 Å². The fraction of sp³-hybridized carbons (Fsp3) is 0.750. The van der Waals surface area contributed by atoms with Gasteiger partial charge in [0.25, 0.3) is 0 Å². The summed E-state index contributed by atoms with van der Waals surface area (Å²) in [5.41, 5.74) is 3.09. The Morgan fingerprint density at radius 2 is 2.23 bits per heavy atom. The van der Waals surface area contributed by atoms with Gasteiger partial charge in [-0.3, -0.25) is 4.79 Å². The van der Waals surface area contributed by atoms with Gasteiger partial charge in [0, 0.05) is 17.4 Å². The first-order valence-corrected chi connectivity index (χ1v) is 5.47. The highest BCUT2D eigenvalue weighted by atomic mass is 16.1. The van der Waals surface area contributed by atoms with E-state index in [9.17, 15) is 4.79 Å². The van der Waals surface area contributed by atoms with Gasteiger partial charge in [0.1, 0.15) is 0 Å². The Labute approximate surface area is 79.2 Å². The van der Waals surface area contributed by atoms with Crippen molar-refractivity contribution >= 4 is 5.78 Å². The van der Waals surface area contributed by atoms with Crippen LogP contribution in [0.2, 0.25) is 0 Å². The van der Waals surface area contributed by atoms with E-state index >= 15 is 0 Å². The minimum atomic E-state index is 0.390. The topological polar surface area (TPSA) is 17.1 Å². The Bertz CT molecular complexity index is 313. The zero-order valence-electron chi connectivity index (χ0n) is 8.23. The zero-order valence-corrected chi connectivity index (χ0v) is 8.23. The van der Waals surface area contributed by atoms with Crippen LogP contribution in [-0.4, -0.2) is 5.78 Å². The molecule has 0 saturated heterocycles. The molecule has 0 amide bonds. The van der Waals surface area contributed by atoms with Crippen molar-refractivity contribution < 1.29 is 4.79 Å². The minimum Gasteiger partial charge on any atom is -0.295 e. The second kappa shape index (κ2) is 2.26. The molecular weight excluding hydrogens is 160 g/mol. The van der Waals surface area contributed by atoms with E-state index in [2.05, 4.69) is 6.92 Å². The highest BCUT2D eigenvalue weighted by molar-refractivity contribution is 6.00. The normalized spacial score (nSPS) is 42.8. The van der Waals surface area contributed by atoms with Crippen LogP contribution in [0.4, 0.5) is 0 Å². The molecule has 1 spiro atoms. The second-order valence-corrected chi connectivity index (χ2v) is 5.03. The number of rotatable bonds is 0. The molecule has 0 heterocycles. The number of Topliss-reactive ketones (excluding diaryl/α,β-unsaturated/α-hetero) is 1. The Hall–Kier alpha value is -0.590. The predicted molar refractivity (Wildman–Crippen MR) is 51.3 cm³/mol. The average Bonchev–Trinajstić information content (AvgIpc) is 2.65. The van der Waals surface area contributed by atoms with Gasteiger partial charge in [0.15, 0.2) is 5.78 Å². The van der Waals surface area contributed by atoms with Crippen molar-refractivity contribution in [3.8, 4) is 0 Å². The van der Waals surface area contributed by atoms with Crippen molar-refractivity contribution in [2.75, 3.05) is 0 Å².